The molecule has 0 bridgehead atoms. The van der Waals surface area contributed by atoms with Crippen LogP contribution >= 0.6 is 11.6 Å². The second-order valence-electron chi connectivity index (χ2n) is 3.37. The van der Waals surface area contributed by atoms with E-state index in [1.54, 1.807) is 18.8 Å². The van der Waals surface area contributed by atoms with Crippen LogP contribution in [0, 0.1) is 0 Å². The molecule has 0 amide bonds. The van der Waals surface area contributed by atoms with Gasteiger partial charge in [-0.3, -0.25) is 4.68 Å². The van der Waals surface area contributed by atoms with E-state index in [1.165, 1.54) is 0 Å². The van der Waals surface area contributed by atoms with Crippen molar-refractivity contribution in [3.8, 4) is 17.0 Å². The van der Waals surface area contributed by atoms with Gasteiger partial charge in [0.15, 0.2) is 0 Å². The number of halogens is 1. The van der Waals surface area contributed by atoms with Crippen LogP contribution in [-0.2, 0) is 7.05 Å². The summed E-state index contributed by atoms with van der Waals surface area (Å²) in [6.45, 7) is 0. The van der Waals surface area contributed by atoms with Crippen LogP contribution in [0.25, 0.3) is 11.3 Å². The van der Waals surface area contributed by atoms with Crippen LogP contribution in [0.2, 0.25) is 5.02 Å². The molecule has 2 aromatic rings. The highest BCUT2D eigenvalue weighted by Crippen LogP contribution is 2.36. The van der Waals surface area contributed by atoms with Crippen LogP contribution in [0.5, 0.6) is 5.75 Å². The van der Waals surface area contributed by atoms with E-state index in [2.05, 4.69) is 5.10 Å². The second-order valence-corrected chi connectivity index (χ2v) is 3.75. The Morgan fingerprint density at radius 2 is 2.06 bits per heavy atom. The average molecular weight is 238 g/mol. The Morgan fingerprint density at radius 1 is 1.38 bits per heavy atom. The standard InChI is InChI=1S/C11H12ClN3O/c1-15-11(13)9(12)10(14-15)7-5-3-4-6-8(7)16-2/h3-6H,13H2,1-2H3. The van der Waals surface area contributed by atoms with Crippen molar-refractivity contribution < 1.29 is 4.74 Å². The summed E-state index contributed by atoms with van der Waals surface area (Å²) in [5, 5.41) is 4.72. The number of hydrogen-bond donors (Lipinski definition) is 1. The number of benzene rings is 1. The first-order valence-corrected chi connectivity index (χ1v) is 5.14. The molecule has 0 aliphatic carbocycles. The van der Waals surface area contributed by atoms with Gasteiger partial charge in [0.2, 0.25) is 0 Å². The molecule has 1 aromatic carbocycles. The molecular formula is C11H12ClN3O. The quantitative estimate of drug-likeness (QED) is 0.872. The van der Waals surface area contributed by atoms with Crippen molar-refractivity contribution in [3.63, 3.8) is 0 Å². The van der Waals surface area contributed by atoms with E-state index >= 15 is 0 Å². The number of nitrogens with zero attached hydrogens (tertiary/aromatic N) is 2. The number of ether oxygens (including phenoxy) is 1. The van der Waals surface area contributed by atoms with E-state index in [1.807, 2.05) is 24.3 Å². The summed E-state index contributed by atoms with van der Waals surface area (Å²) in [6, 6.07) is 7.55. The predicted octanol–water partition coefficient (Wildman–Crippen LogP) is 2.33. The SMILES string of the molecule is COc1ccccc1-c1nn(C)c(N)c1Cl. The highest BCUT2D eigenvalue weighted by molar-refractivity contribution is 6.35. The van der Waals surface area contributed by atoms with Crippen LogP contribution in [0.4, 0.5) is 5.82 Å². The van der Waals surface area contributed by atoms with E-state index in [4.69, 9.17) is 22.1 Å². The van der Waals surface area contributed by atoms with Crippen molar-refractivity contribution in [1.29, 1.82) is 0 Å². The Morgan fingerprint density at radius 3 is 2.62 bits per heavy atom. The maximum absolute atomic E-state index is 6.11. The summed E-state index contributed by atoms with van der Waals surface area (Å²) in [4.78, 5) is 0. The minimum Gasteiger partial charge on any atom is -0.496 e. The number of methoxy groups -OCH3 is 1. The summed E-state index contributed by atoms with van der Waals surface area (Å²) in [6.07, 6.45) is 0. The molecule has 84 valence electrons. The van der Waals surface area contributed by atoms with Gasteiger partial charge in [-0.15, -0.1) is 0 Å². The minimum atomic E-state index is 0.447. The average Bonchev–Trinajstić information content (AvgIpc) is 2.57. The fourth-order valence-corrected chi connectivity index (χ4v) is 1.79. The first-order valence-electron chi connectivity index (χ1n) is 4.76. The molecule has 0 radical (unpaired) electrons. The van der Waals surface area contributed by atoms with Crippen molar-refractivity contribution in [1.82, 2.24) is 9.78 Å². The van der Waals surface area contributed by atoms with E-state index in [0.717, 1.165) is 11.3 Å². The molecule has 5 heteroatoms. The molecule has 16 heavy (non-hydrogen) atoms. The van der Waals surface area contributed by atoms with Gasteiger partial charge in [-0.05, 0) is 12.1 Å². The molecule has 0 fully saturated rings. The van der Waals surface area contributed by atoms with Gasteiger partial charge in [0, 0.05) is 12.6 Å². The van der Waals surface area contributed by atoms with Crippen LogP contribution in [0.15, 0.2) is 24.3 Å². The van der Waals surface area contributed by atoms with Crippen LogP contribution in [0.1, 0.15) is 0 Å². The summed E-state index contributed by atoms with van der Waals surface area (Å²) in [5.41, 5.74) is 7.23. The highest BCUT2D eigenvalue weighted by Gasteiger charge is 2.16. The molecule has 2 N–H and O–H groups in total. The van der Waals surface area contributed by atoms with E-state index in [9.17, 15) is 0 Å². The zero-order valence-electron chi connectivity index (χ0n) is 9.07. The van der Waals surface area contributed by atoms with Crippen molar-refractivity contribution in [2.45, 2.75) is 0 Å². The number of para-hydroxylation sites is 1. The lowest BCUT2D eigenvalue weighted by Crippen LogP contribution is -1.97. The fourth-order valence-electron chi connectivity index (χ4n) is 1.52. The van der Waals surface area contributed by atoms with Gasteiger partial charge in [0.25, 0.3) is 0 Å². The molecule has 0 aliphatic heterocycles. The van der Waals surface area contributed by atoms with Gasteiger partial charge in [-0.2, -0.15) is 5.10 Å². The Balaban J connectivity index is 2.63. The number of nitrogen functional groups attached to an aromatic ring is 1. The molecule has 0 aliphatic rings. The maximum Gasteiger partial charge on any atom is 0.140 e. The first kappa shape index (κ1) is 10.8. The first-order chi connectivity index (χ1) is 7.65. The number of aryl methyl sites for hydroxylation is 1. The Hall–Kier alpha value is -1.68. The number of nitrogens with two attached hydrogens (primary N) is 1. The zero-order chi connectivity index (χ0) is 11.7. The molecule has 0 unspecified atom stereocenters. The van der Waals surface area contributed by atoms with E-state index in [0.29, 0.717) is 16.5 Å². The smallest absolute Gasteiger partial charge is 0.140 e. The van der Waals surface area contributed by atoms with E-state index < -0.39 is 0 Å². The molecule has 1 aromatic heterocycles. The minimum absolute atomic E-state index is 0.447. The molecular weight excluding hydrogens is 226 g/mol. The van der Waals surface area contributed by atoms with E-state index in [-0.39, 0.29) is 0 Å². The molecule has 2 rings (SSSR count). The van der Waals surface area contributed by atoms with Crippen molar-refractivity contribution in [2.75, 3.05) is 12.8 Å². The monoisotopic (exact) mass is 237 g/mol. The van der Waals surface area contributed by atoms with Crippen LogP contribution in [0.3, 0.4) is 0 Å². The third kappa shape index (κ3) is 1.61. The molecule has 0 spiro atoms. The Kier molecular flexibility index (Phi) is 2.75. The lowest BCUT2D eigenvalue weighted by Gasteiger charge is -2.05. The molecule has 0 atom stereocenters. The van der Waals surface area contributed by atoms with Gasteiger partial charge in [0.05, 0.1) is 7.11 Å². The number of rotatable bonds is 2. The Bertz CT molecular complexity index is 522. The summed E-state index contributed by atoms with van der Waals surface area (Å²) < 4.78 is 6.80. The maximum atomic E-state index is 6.11. The molecule has 1 heterocycles. The van der Waals surface area contributed by atoms with Gasteiger partial charge in [-0.25, -0.2) is 0 Å². The van der Waals surface area contributed by atoms with Gasteiger partial charge in [0.1, 0.15) is 22.3 Å². The largest absolute Gasteiger partial charge is 0.496 e. The summed E-state index contributed by atoms with van der Waals surface area (Å²) in [5.74, 6) is 1.17. The third-order valence-corrected chi connectivity index (χ3v) is 2.77. The Labute approximate surface area is 98.6 Å². The summed E-state index contributed by atoms with van der Waals surface area (Å²) >= 11 is 6.11. The molecule has 0 saturated carbocycles. The number of aromatic nitrogens is 2. The number of anilines is 1. The molecule has 0 saturated heterocycles. The second kappa shape index (κ2) is 4.06. The normalized spacial score (nSPS) is 10.4. The summed E-state index contributed by atoms with van der Waals surface area (Å²) in [7, 11) is 3.36. The topological polar surface area (TPSA) is 53.1 Å². The number of hydrogen-bond acceptors (Lipinski definition) is 3. The highest BCUT2D eigenvalue weighted by atomic mass is 35.5. The third-order valence-electron chi connectivity index (χ3n) is 2.39. The van der Waals surface area contributed by atoms with Crippen LogP contribution < -0.4 is 10.5 Å². The van der Waals surface area contributed by atoms with Gasteiger partial charge in [-0.1, -0.05) is 23.7 Å². The fraction of sp³-hybridized carbons (Fsp3) is 0.182. The predicted molar refractivity (Wildman–Crippen MR) is 64.6 cm³/mol. The van der Waals surface area contributed by atoms with Gasteiger partial charge >= 0.3 is 0 Å². The van der Waals surface area contributed by atoms with Crippen molar-refractivity contribution in [2.24, 2.45) is 7.05 Å². The van der Waals surface area contributed by atoms with Gasteiger partial charge < -0.3 is 10.5 Å². The van der Waals surface area contributed by atoms with Crippen molar-refractivity contribution in [3.05, 3.63) is 29.3 Å². The van der Waals surface area contributed by atoms with Crippen LogP contribution in [-0.4, -0.2) is 16.9 Å². The van der Waals surface area contributed by atoms with Crippen molar-refractivity contribution >= 4 is 17.4 Å². The lowest BCUT2D eigenvalue weighted by atomic mass is 10.1. The zero-order valence-corrected chi connectivity index (χ0v) is 9.82. The lowest BCUT2D eigenvalue weighted by molar-refractivity contribution is 0.416. The molecule has 4 nitrogen and oxygen atoms in total.